The van der Waals surface area contributed by atoms with Gasteiger partial charge < -0.3 is 22.3 Å². The van der Waals surface area contributed by atoms with Crippen molar-refractivity contribution in [1.29, 1.82) is 0 Å². The van der Waals surface area contributed by atoms with Crippen molar-refractivity contribution in [3.8, 4) is 5.75 Å². The predicted molar refractivity (Wildman–Crippen MR) is 84.2 cm³/mol. The average molecular weight is 398 g/mol. The number of rotatable bonds is 3. The molecule has 0 bridgehead atoms. The van der Waals surface area contributed by atoms with E-state index in [9.17, 15) is 9.50 Å². The van der Waals surface area contributed by atoms with Crippen molar-refractivity contribution in [1.82, 2.24) is 0 Å². The number of benzene rings is 2. The van der Waals surface area contributed by atoms with Gasteiger partial charge >= 0.3 is 23.1 Å². The molecular formula is C16H15BrClFMgO2. The summed E-state index contributed by atoms with van der Waals surface area (Å²) < 4.78 is 20.0. The molecule has 0 aliphatic heterocycles. The van der Waals surface area contributed by atoms with E-state index in [1.165, 1.54) is 6.07 Å². The summed E-state index contributed by atoms with van der Waals surface area (Å²) in [4.78, 5) is 0. The fourth-order valence-electron chi connectivity index (χ4n) is 2.15. The van der Waals surface area contributed by atoms with Crippen LogP contribution in [0.15, 0.2) is 34.8 Å². The third-order valence-corrected chi connectivity index (χ3v) is 3.95. The second-order valence-corrected chi connectivity index (χ2v) is 5.56. The Hall–Kier alpha value is -0.334. The summed E-state index contributed by atoms with van der Waals surface area (Å²) in [6.45, 7) is 3.48. The monoisotopic (exact) mass is 396 g/mol. The molecule has 0 N–H and O–H groups in total. The molecule has 2 nitrogen and oxygen atoms in total. The van der Waals surface area contributed by atoms with Gasteiger partial charge in [-0.05, 0) is 58.6 Å². The Morgan fingerprint density at radius 1 is 1.14 bits per heavy atom. The van der Waals surface area contributed by atoms with E-state index in [4.69, 9.17) is 4.74 Å². The van der Waals surface area contributed by atoms with Crippen LogP contribution in [0.3, 0.4) is 0 Å². The summed E-state index contributed by atoms with van der Waals surface area (Å²) in [6, 6.07) is 8.37. The molecule has 1 unspecified atom stereocenters. The van der Waals surface area contributed by atoms with Crippen molar-refractivity contribution in [2.24, 2.45) is 0 Å². The molecule has 0 amide bonds. The molecule has 1 atom stereocenters. The molecule has 6 heteroatoms. The van der Waals surface area contributed by atoms with Crippen molar-refractivity contribution >= 4 is 39.0 Å². The molecule has 0 spiro atoms. The van der Waals surface area contributed by atoms with Gasteiger partial charge in [0.2, 0.25) is 0 Å². The average Bonchev–Trinajstić information content (AvgIpc) is 2.43. The summed E-state index contributed by atoms with van der Waals surface area (Å²) in [5, 5.41) is 12.6. The molecule has 0 heterocycles. The van der Waals surface area contributed by atoms with E-state index in [1.807, 2.05) is 6.92 Å². The Morgan fingerprint density at radius 3 is 2.36 bits per heavy atom. The van der Waals surface area contributed by atoms with Gasteiger partial charge in [0.1, 0.15) is 11.6 Å². The van der Waals surface area contributed by atoms with Gasteiger partial charge in [0.15, 0.2) is 0 Å². The first kappa shape index (κ1) is 21.7. The summed E-state index contributed by atoms with van der Waals surface area (Å²) >= 11 is 3.36. The number of hydrogen-bond acceptors (Lipinski definition) is 2. The smallest absolute Gasteiger partial charge is 1.00 e. The van der Waals surface area contributed by atoms with Gasteiger partial charge in [-0.25, -0.2) is 4.39 Å². The van der Waals surface area contributed by atoms with Gasteiger partial charge in [-0.15, -0.1) is 0 Å². The molecule has 0 aliphatic rings. The molecule has 2 rings (SSSR count). The van der Waals surface area contributed by atoms with Crippen LogP contribution in [-0.4, -0.2) is 30.2 Å². The number of methoxy groups -OCH3 is 1. The second kappa shape index (κ2) is 9.08. The first-order valence-corrected chi connectivity index (χ1v) is 7.00. The zero-order chi connectivity index (χ0) is 14.9. The summed E-state index contributed by atoms with van der Waals surface area (Å²) in [5.74, 6) is 0.224. The van der Waals surface area contributed by atoms with Crippen LogP contribution < -0.4 is 22.3 Å². The first-order chi connectivity index (χ1) is 9.45. The molecule has 2 aromatic carbocycles. The predicted octanol–water partition coefficient (Wildman–Crippen LogP) is 0.287. The van der Waals surface area contributed by atoms with E-state index >= 15 is 0 Å². The van der Waals surface area contributed by atoms with E-state index in [0.29, 0.717) is 21.3 Å². The minimum Gasteiger partial charge on any atom is -1.00 e. The van der Waals surface area contributed by atoms with Gasteiger partial charge in [0, 0.05) is 0 Å². The van der Waals surface area contributed by atoms with Crippen molar-refractivity contribution in [3.63, 3.8) is 0 Å². The fraction of sp³-hybridized carbons (Fsp3) is 0.250. The Balaban J connectivity index is 0.00000220. The van der Waals surface area contributed by atoms with E-state index in [2.05, 4.69) is 15.9 Å². The third kappa shape index (κ3) is 4.36. The van der Waals surface area contributed by atoms with Crippen LogP contribution in [0, 0.1) is 19.7 Å². The van der Waals surface area contributed by atoms with Crippen LogP contribution in [0.4, 0.5) is 4.39 Å². The first-order valence-electron chi connectivity index (χ1n) is 6.20. The van der Waals surface area contributed by atoms with Crippen molar-refractivity contribution in [2.45, 2.75) is 20.0 Å². The van der Waals surface area contributed by atoms with Crippen molar-refractivity contribution in [3.05, 3.63) is 62.9 Å². The number of halogens is 3. The Morgan fingerprint density at radius 2 is 1.77 bits per heavy atom. The zero-order valence-electron chi connectivity index (χ0n) is 12.6. The van der Waals surface area contributed by atoms with Crippen LogP contribution in [-0.2, 0) is 0 Å². The summed E-state index contributed by atoms with van der Waals surface area (Å²) in [6.07, 6.45) is -1.25. The number of ether oxygens (including phenoxy) is 1. The maximum atomic E-state index is 14.1. The number of aryl methyl sites for hydroxylation is 2. The molecule has 114 valence electrons. The number of hydrogen-bond donors (Lipinski definition) is 0. The Kier molecular flexibility index (Phi) is 8.94. The molecule has 0 saturated carbocycles. The molecule has 22 heavy (non-hydrogen) atoms. The third-order valence-electron chi connectivity index (χ3n) is 3.33. The molecule has 2 aromatic rings. The van der Waals surface area contributed by atoms with Crippen LogP contribution in [0.5, 0.6) is 5.75 Å². The second-order valence-electron chi connectivity index (χ2n) is 4.70. The molecule has 0 aromatic heterocycles. The van der Waals surface area contributed by atoms with Gasteiger partial charge in [0.25, 0.3) is 0 Å². The van der Waals surface area contributed by atoms with Crippen molar-refractivity contribution in [2.75, 3.05) is 7.11 Å². The normalized spacial score (nSPS) is 11.2. The van der Waals surface area contributed by atoms with Crippen LogP contribution in [0.25, 0.3) is 0 Å². The Bertz CT molecular complexity index is 652. The standard InChI is InChI=1S/C16H15BrFO2.ClH.Mg/c1-9-5-4-6-11(15(9)18)16(19)12-8-13(17)14(20-3)7-10(12)2;;/h4-8,16H,1-3H3;1H;/q-1;;+2/p-1. The minimum absolute atomic E-state index is 0. The van der Waals surface area contributed by atoms with Crippen molar-refractivity contribution < 1.29 is 26.6 Å². The van der Waals surface area contributed by atoms with Gasteiger partial charge in [-0.1, -0.05) is 29.9 Å². The van der Waals surface area contributed by atoms with E-state index in [0.717, 1.165) is 5.56 Å². The largest absolute Gasteiger partial charge is 2.00 e. The quantitative estimate of drug-likeness (QED) is 0.697. The molecule has 0 aliphatic carbocycles. The maximum absolute atomic E-state index is 14.1. The van der Waals surface area contributed by atoms with Crippen LogP contribution >= 0.6 is 15.9 Å². The maximum Gasteiger partial charge on any atom is 2.00 e. The van der Waals surface area contributed by atoms with E-state index in [1.54, 1.807) is 38.3 Å². The van der Waals surface area contributed by atoms with E-state index < -0.39 is 11.9 Å². The minimum atomic E-state index is -1.25. The van der Waals surface area contributed by atoms with Gasteiger partial charge in [-0.3, -0.25) is 0 Å². The summed E-state index contributed by atoms with van der Waals surface area (Å²) in [7, 11) is 1.56. The molecule has 0 radical (unpaired) electrons. The molecule has 0 fully saturated rings. The summed E-state index contributed by atoms with van der Waals surface area (Å²) in [5.41, 5.74) is 1.98. The van der Waals surface area contributed by atoms with Gasteiger partial charge in [-0.2, -0.15) is 0 Å². The molecular weight excluding hydrogens is 383 g/mol. The van der Waals surface area contributed by atoms with Crippen LogP contribution in [0.2, 0.25) is 0 Å². The van der Waals surface area contributed by atoms with E-state index in [-0.39, 0.29) is 41.0 Å². The van der Waals surface area contributed by atoms with Crippen LogP contribution in [0.1, 0.15) is 28.4 Å². The zero-order valence-corrected chi connectivity index (χ0v) is 16.4. The fourth-order valence-corrected chi connectivity index (χ4v) is 2.67. The topological polar surface area (TPSA) is 32.3 Å². The molecule has 0 saturated heterocycles. The van der Waals surface area contributed by atoms with Gasteiger partial charge in [0.05, 0.1) is 11.6 Å². The SMILES string of the molecule is COc1cc(C)c(C([O-])c2cccc(C)c2F)cc1Br.[Cl-].[Mg+2]. The Labute approximate surface area is 160 Å².